The first kappa shape index (κ1) is 27.5. The fourth-order valence-electron chi connectivity index (χ4n) is 5.58. The Labute approximate surface area is 225 Å². The number of piperazine rings is 1. The van der Waals surface area contributed by atoms with E-state index in [2.05, 4.69) is 49.2 Å². The number of carbonyl (C=O) groups is 2. The van der Waals surface area contributed by atoms with Gasteiger partial charge >= 0.3 is 0 Å². The van der Waals surface area contributed by atoms with Crippen molar-refractivity contribution in [3.63, 3.8) is 0 Å². The summed E-state index contributed by atoms with van der Waals surface area (Å²) < 4.78 is 5.42. The molecule has 1 aromatic heterocycles. The molecule has 1 N–H and O–H groups in total. The maximum absolute atomic E-state index is 13.8. The van der Waals surface area contributed by atoms with Crippen molar-refractivity contribution in [3.05, 3.63) is 59.4 Å². The van der Waals surface area contributed by atoms with Crippen LogP contribution in [0.2, 0.25) is 0 Å². The van der Waals surface area contributed by atoms with Crippen molar-refractivity contribution in [1.29, 1.82) is 0 Å². The fourth-order valence-corrected chi connectivity index (χ4v) is 5.58. The van der Waals surface area contributed by atoms with Gasteiger partial charge in [0.1, 0.15) is 6.04 Å². The number of nitrogens with one attached hydrogen (secondary N) is 1. The summed E-state index contributed by atoms with van der Waals surface area (Å²) in [5, 5.41) is 3.43. The van der Waals surface area contributed by atoms with Gasteiger partial charge < -0.3 is 19.9 Å². The fraction of sp³-hybridized carbons (Fsp3) is 0.536. The van der Waals surface area contributed by atoms with Gasteiger partial charge in [0, 0.05) is 68.1 Å². The van der Waals surface area contributed by atoms with Crippen LogP contribution in [0.5, 0.6) is 0 Å². The zero-order valence-corrected chi connectivity index (χ0v) is 22.8. The molecule has 2 aromatic rings. The first-order chi connectivity index (χ1) is 17.3. The van der Waals surface area contributed by atoms with Crippen LogP contribution >= 0.6 is 12.4 Å². The number of halogens is 1. The van der Waals surface area contributed by atoms with E-state index in [-0.39, 0.29) is 48.3 Å². The van der Waals surface area contributed by atoms with Gasteiger partial charge in [-0.1, -0.05) is 44.2 Å². The molecule has 0 unspecified atom stereocenters. The minimum Gasteiger partial charge on any atom is -0.378 e. The Balaban J connectivity index is 0.00000320. The standard InChI is InChI=1S/C28H37N5O3.ClH/c1-20-17-32(25(16-29-20)27(35)31-9-11-36-12-10-31)18-26(34)33-19-28(2,3)23-15-30-22(14-24(23)33)13-21-7-5-4-6-8-21;/h4-8,14-15,20,25,29H,9-13,16-19H2,1-3H3;1H/t20-,25-;/m1./s1. The van der Waals surface area contributed by atoms with Crippen LogP contribution in [0.4, 0.5) is 5.69 Å². The number of carbonyl (C=O) groups excluding carboxylic acids is 2. The van der Waals surface area contributed by atoms with Crippen molar-refractivity contribution < 1.29 is 14.3 Å². The van der Waals surface area contributed by atoms with E-state index in [0.29, 0.717) is 45.9 Å². The molecular weight excluding hydrogens is 490 g/mol. The van der Waals surface area contributed by atoms with E-state index in [9.17, 15) is 9.59 Å². The first-order valence-corrected chi connectivity index (χ1v) is 13.0. The second-order valence-corrected chi connectivity index (χ2v) is 10.9. The van der Waals surface area contributed by atoms with Gasteiger partial charge in [0.25, 0.3) is 0 Å². The van der Waals surface area contributed by atoms with Crippen molar-refractivity contribution in [2.75, 3.05) is 57.4 Å². The molecule has 3 aliphatic heterocycles. The number of hydrogen-bond donors (Lipinski definition) is 1. The number of amides is 2. The van der Waals surface area contributed by atoms with E-state index < -0.39 is 0 Å². The van der Waals surface area contributed by atoms with E-state index in [0.717, 1.165) is 23.4 Å². The number of morpholine rings is 1. The Bertz CT molecular complexity index is 1110. The molecule has 2 amide bonds. The predicted molar refractivity (Wildman–Crippen MR) is 146 cm³/mol. The summed E-state index contributed by atoms with van der Waals surface area (Å²) in [6.07, 6.45) is 2.67. The molecule has 0 radical (unpaired) electrons. The Morgan fingerprint density at radius 3 is 2.62 bits per heavy atom. The van der Waals surface area contributed by atoms with Crippen molar-refractivity contribution in [2.24, 2.45) is 0 Å². The van der Waals surface area contributed by atoms with Gasteiger partial charge in [-0.05, 0) is 18.6 Å². The number of anilines is 1. The maximum Gasteiger partial charge on any atom is 0.241 e. The number of nitrogens with zero attached hydrogens (tertiary/aromatic N) is 4. The zero-order chi connectivity index (χ0) is 25.3. The average Bonchev–Trinajstić information content (AvgIpc) is 3.15. The number of rotatable bonds is 5. The lowest BCUT2D eigenvalue weighted by Gasteiger charge is -2.41. The summed E-state index contributed by atoms with van der Waals surface area (Å²) in [5.41, 5.74) is 4.02. The number of hydrogen-bond acceptors (Lipinski definition) is 6. The van der Waals surface area contributed by atoms with E-state index in [1.54, 1.807) is 0 Å². The summed E-state index contributed by atoms with van der Waals surface area (Å²) in [5.74, 6) is 0.120. The van der Waals surface area contributed by atoms with Gasteiger partial charge in [-0.3, -0.25) is 19.5 Å². The Morgan fingerprint density at radius 2 is 1.89 bits per heavy atom. The number of ether oxygens (including phenoxy) is 1. The summed E-state index contributed by atoms with van der Waals surface area (Å²) >= 11 is 0. The second kappa shape index (κ2) is 11.5. The topological polar surface area (TPSA) is 78.0 Å². The van der Waals surface area contributed by atoms with E-state index in [4.69, 9.17) is 9.72 Å². The molecule has 1 aromatic carbocycles. The molecule has 0 saturated carbocycles. The Hall–Kier alpha value is -2.52. The van der Waals surface area contributed by atoms with Crippen LogP contribution in [0.3, 0.4) is 0 Å². The minimum absolute atomic E-state index is 0. The average molecular weight is 528 g/mol. The van der Waals surface area contributed by atoms with Gasteiger partial charge in [-0.25, -0.2) is 0 Å². The van der Waals surface area contributed by atoms with Crippen molar-refractivity contribution in [3.8, 4) is 0 Å². The molecule has 0 bridgehead atoms. The number of aromatic nitrogens is 1. The highest BCUT2D eigenvalue weighted by atomic mass is 35.5. The SMILES string of the molecule is C[C@@H]1CN(CC(=O)N2CC(C)(C)c3cnc(Cc4ccccc4)cc32)[C@@H](C(=O)N2CCOCC2)CN1.Cl. The predicted octanol–water partition coefficient (Wildman–Crippen LogP) is 2.24. The summed E-state index contributed by atoms with van der Waals surface area (Å²) in [4.78, 5) is 37.7. The molecule has 5 rings (SSSR count). The first-order valence-electron chi connectivity index (χ1n) is 13.0. The third-order valence-corrected chi connectivity index (χ3v) is 7.60. The van der Waals surface area contributed by atoms with Crippen molar-refractivity contribution >= 4 is 29.9 Å². The third-order valence-electron chi connectivity index (χ3n) is 7.60. The molecule has 0 spiro atoms. The van der Waals surface area contributed by atoms with E-state index in [1.165, 1.54) is 5.56 Å². The van der Waals surface area contributed by atoms with Crippen LogP contribution in [0.25, 0.3) is 0 Å². The van der Waals surface area contributed by atoms with Crippen LogP contribution in [0.1, 0.15) is 37.6 Å². The lowest BCUT2D eigenvalue weighted by molar-refractivity contribution is -0.142. The molecule has 8 nitrogen and oxygen atoms in total. The van der Waals surface area contributed by atoms with Crippen molar-refractivity contribution in [2.45, 2.75) is 44.7 Å². The Morgan fingerprint density at radius 1 is 1.16 bits per heavy atom. The highest BCUT2D eigenvalue weighted by Gasteiger charge is 2.41. The minimum atomic E-state index is -0.343. The molecule has 4 heterocycles. The molecule has 2 atom stereocenters. The smallest absolute Gasteiger partial charge is 0.241 e. The van der Waals surface area contributed by atoms with E-state index in [1.807, 2.05) is 34.2 Å². The second-order valence-electron chi connectivity index (χ2n) is 10.9. The summed E-state index contributed by atoms with van der Waals surface area (Å²) in [6, 6.07) is 12.2. The molecule has 37 heavy (non-hydrogen) atoms. The van der Waals surface area contributed by atoms with Gasteiger partial charge in [0.2, 0.25) is 11.8 Å². The highest BCUT2D eigenvalue weighted by molar-refractivity contribution is 5.98. The van der Waals surface area contributed by atoms with Crippen LogP contribution in [0, 0.1) is 0 Å². The molecular formula is C28H38ClN5O3. The van der Waals surface area contributed by atoms with Gasteiger partial charge in [0.05, 0.1) is 25.4 Å². The maximum atomic E-state index is 13.8. The molecule has 0 aliphatic carbocycles. The molecule has 3 aliphatic rings. The molecule has 200 valence electrons. The molecule has 2 saturated heterocycles. The highest BCUT2D eigenvalue weighted by Crippen LogP contribution is 2.40. The lowest BCUT2D eigenvalue weighted by Crippen LogP contribution is -2.63. The third kappa shape index (κ3) is 5.98. The van der Waals surface area contributed by atoms with Crippen molar-refractivity contribution in [1.82, 2.24) is 20.1 Å². The van der Waals surface area contributed by atoms with Gasteiger partial charge in [0.15, 0.2) is 0 Å². The van der Waals surface area contributed by atoms with Crippen LogP contribution in [-0.2, 0) is 26.2 Å². The summed E-state index contributed by atoms with van der Waals surface area (Å²) in [7, 11) is 0. The number of fused-ring (bicyclic) bond motifs is 1. The number of benzene rings is 1. The Kier molecular flexibility index (Phi) is 8.53. The van der Waals surface area contributed by atoms with Crippen LogP contribution < -0.4 is 10.2 Å². The van der Waals surface area contributed by atoms with Crippen LogP contribution in [-0.4, -0.2) is 91.2 Å². The van der Waals surface area contributed by atoms with Gasteiger partial charge in [-0.2, -0.15) is 0 Å². The van der Waals surface area contributed by atoms with E-state index >= 15 is 0 Å². The van der Waals surface area contributed by atoms with Gasteiger partial charge in [-0.15, -0.1) is 12.4 Å². The lowest BCUT2D eigenvalue weighted by atomic mass is 9.88. The zero-order valence-electron chi connectivity index (χ0n) is 22.0. The number of pyridine rings is 1. The largest absolute Gasteiger partial charge is 0.378 e. The summed E-state index contributed by atoms with van der Waals surface area (Å²) in [6.45, 7) is 10.8. The molecule has 2 fully saturated rings. The normalized spacial score (nSPS) is 23.3. The molecule has 9 heteroatoms. The van der Waals surface area contributed by atoms with Crippen LogP contribution in [0.15, 0.2) is 42.6 Å². The monoisotopic (exact) mass is 527 g/mol. The quantitative estimate of drug-likeness (QED) is 0.642.